The van der Waals surface area contributed by atoms with Crippen LogP contribution in [0.5, 0.6) is 5.88 Å². The van der Waals surface area contributed by atoms with Gasteiger partial charge < -0.3 is 18.9 Å². The Kier molecular flexibility index (Phi) is 9.35. The van der Waals surface area contributed by atoms with E-state index in [1.807, 2.05) is 0 Å². The van der Waals surface area contributed by atoms with Crippen LogP contribution < -0.4 is 20.3 Å². The highest BCUT2D eigenvalue weighted by Gasteiger charge is 2.38. The smallest absolute Gasteiger partial charge is 0.415 e. The molecule has 0 unspecified atom stereocenters. The number of fused-ring (bicyclic) bond motifs is 2. The van der Waals surface area contributed by atoms with Crippen LogP contribution in [0.4, 0.5) is 36.0 Å². The normalized spacial score (nSPS) is 17.5. The second-order valence-electron chi connectivity index (χ2n) is 13.7. The quantitative estimate of drug-likeness (QED) is 0.269. The van der Waals surface area contributed by atoms with E-state index in [4.69, 9.17) is 25.5 Å². The van der Waals surface area contributed by atoms with Gasteiger partial charge in [-0.05, 0) is 84.4 Å². The average Bonchev–Trinajstić information content (AvgIpc) is 3.43. The number of rotatable bonds is 4. The Balaban J connectivity index is 1.58. The molecule has 254 valence electrons. The molecule has 14 heteroatoms. The second kappa shape index (κ2) is 13.1. The summed E-state index contributed by atoms with van der Waals surface area (Å²) in [5.74, 6) is -0.474. The summed E-state index contributed by atoms with van der Waals surface area (Å²) in [6.45, 7) is 17.9. The monoisotopic (exact) mass is 663 g/mol. The Bertz CT molecular complexity index is 1810. The first-order valence-electron chi connectivity index (χ1n) is 15.7. The van der Waals surface area contributed by atoms with E-state index in [2.05, 4.69) is 25.4 Å². The molecule has 0 spiro atoms. The number of anilines is 3. The number of hydrogen-bond donors (Lipinski definition) is 2. The van der Waals surface area contributed by atoms with Gasteiger partial charge in [0.25, 0.3) is 6.57 Å². The molecule has 0 radical (unpaired) electrons. The maximum atomic E-state index is 16.6. The molecular formula is C34H40FN6O7+. The number of carbonyl (C=O) groups excluding carboxylic acids is 3. The number of nitrogens with zero attached hydrogens (tertiary/aromatic N) is 4. The Labute approximate surface area is 277 Å². The molecule has 0 saturated heterocycles. The number of pyridine rings is 2. The first-order chi connectivity index (χ1) is 22.5. The fourth-order valence-electron chi connectivity index (χ4n) is 5.66. The number of aromatic nitrogens is 2. The van der Waals surface area contributed by atoms with E-state index in [9.17, 15) is 14.4 Å². The largest absolute Gasteiger partial charge is 0.474 e. The van der Waals surface area contributed by atoms with Gasteiger partial charge in [0.15, 0.2) is 11.9 Å². The summed E-state index contributed by atoms with van der Waals surface area (Å²) < 4.78 is 38.9. The number of halogens is 1. The fraction of sp³-hybridized carbons (Fsp3) is 0.471. The minimum absolute atomic E-state index is 0.0501. The van der Waals surface area contributed by atoms with Crippen LogP contribution in [0.2, 0.25) is 0 Å². The van der Waals surface area contributed by atoms with Crippen molar-refractivity contribution >= 4 is 46.2 Å². The lowest BCUT2D eigenvalue weighted by atomic mass is 9.96. The van der Waals surface area contributed by atoms with E-state index in [1.165, 1.54) is 23.4 Å². The number of hydrogen-bond acceptors (Lipinski definition) is 9. The Morgan fingerprint density at radius 1 is 1.00 bits per heavy atom. The number of benzene rings is 1. The molecule has 5 rings (SSSR count). The van der Waals surface area contributed by atoms with Crippen LogP contribution in [0, 0.1) is 19.3 Å². The van der Waals surface area contributed by atoms with Gasteiger partial charge in [0, 0.05) is 35.3 Å². The summed E-state index contributed by atoms with van der Waals surface area (Å²) in [6, 6.07) is 2.79. The molecule has 1 aliphatic heterocycles. The summed E-state index contributed by atoms with van der Waals surface area (Å²) in [6.07, 6.45) is 2.28. The molecule has 2 aromatic heterocycles. The van der Waals surface area contributed by atoms with Crippen molar-refractivity contribution in [3.63, 3.8) is 0 Å². The number of ether oxygens (including phenoxy) is 4. The average molecular weight is 664 g/mol. The van der Waals surface area contributed by atoms with E-state index in [0.717, 1.165) is 12.8 Å². The van der Waals surface area contributed by atoms with Crippen LogP contribution in [0.3, 0.4) is 0 Å². The van der Waals surface area contributed by atoms with Crippen molar-refractivity contribution in [1.29, 1.82) is 0 Å². The molecule has 1 aliphatic carbocycles. The first-order valence-corrected chi connectivity index (χ1v) is 15.7. The standard InChI is InChI=1S/C34H39FN6O7/c1-18-21(16-38-29-28(18)41(12-13-45-29)32(44)48-34(5,6)7)20-14-19-15-25(39-30(42)46-24-11-9-10-23(24)36-8)37-17-22(19)27(26(20)35)40-31(43)47-33(2,3)4/h8,14-17,23-24H,9-13H2,1-7H3,(H-,37,39,40,42,43)/p+1/t23-,24-/m0/s1. The first kappa shape index (κ1) is 34.2. The van der Waals surface area contributed by atoms with Crippen molar-refractivity contribution in [2.75, 3.05) is 28.7 Å². The van der Waals surface area contributed by atoms with Gasteiger partial charge in [0.2, 0.25) is 5.88 Å². The zero-order chi connectivity index (χ0) is 35.0. The SMILES string of the molecule is C#[N+][C@H]1CCC[C@@H]1OC(=O)Nc1cc2cc(-c3cnc4c(c3C)N(C(=O)OC(C)(C)C)CCO4)c(F)c(NC(=O)OC(C)(C)C)c2cn1. The highest BCUT2D eigenvalue weighted by atomic mass is 19.1. The van der Waals surface area contributed by atoms with Crippen molar-refractivity contribution in [3.8, 4) is 23.6 Å². The van der Waals surface area contributed by atoms with Gasteiger partial charge in [-0.25, -0.2) is 28.7 Å². The lowest BCUT2D eigenvalue weighted by Crippen LogP contribution is -2.42. The molecule has 1 fully saturated rings. The number of amides is 3. The third-order valence-corrected chi connectivity index (χ3v) is 7.69. The lowest BCUT2D eigenvalue weighted by molar-refractivity contribution is 0.0564. The van der Waals surface area contributed by atoms with Crippen LogP contribution >= 0.6 is 0 Å². The van der Waals surface area contributed by atoms with Gasteiger partial charge in [-0.3, -0.25) is 15.5 Å². The van der Waals surface area contributed by atoms with E-state index in [1.54, 1.807) is 54.5 Å². The number of nitrogens with one attached hydrogen (secondary N) is 2. The van der Waals surface area contributed by atoms with Gasteiger partial charge in [-0.1, -0.05) is 4.85 Å². The van der Waals surface area contributed by atoms with Crippen LogP contribution in [0.1, 0.15) is 66.4 Å². The van der Waals surface area contributed by atoms with Gasteiger partial charge in [-0.15, -0.1) is 0 Å². The number of carbonyl (C=O) groups is 3. The van der Waals surface area contributed by atoms with Crippen LogP contribution in [0.25, 0.3) is 26.7 Å². The summed E-state index contributed by atoms with van der Waals surface area (Å²) in [5, 5.41) is 5.80. The highest BCUT2D eigenvalue weighted by molar-refractivity contribution is 6.05. The van der Waals surface area contributed by atoms with Crippen molar-refractivity contribution in [3.05, 3.63) is 40.8 Å². The predicted molar refractivity (Wildman–Crippen MR) is 178 cm³/mol. The molecule has 2 aliphatic rings. The van der Waals surface area contributed by atoms with Crippen molar-refractivity contribution in [2.45, 2.75) is 91.1 Å². The third kappa shape index (κ3) is 7.51. The molecule has 2 N–H and O–H groups in total. The molecule has 0 bridgehead atoms. The van der Waals surface area contributed by atoms with Crippen molar-refractivity contribution in [1.82, 2.24) is 9.97 Å². The zero-order valence-electron chi connectivity index (χ0n) is 28.1. The molecule has 1 aromatic carbocycles. The lowest BCUT2D eigenvalue weighted by Gasteiger charge is -2.32. The van der Waals surface area contributed by atoms with E-state index in [-0.39, 0.29) is 47.5 Å². The Morgan fingerprint density at radius 2 is 1.73 bits per heavy atom. The molecule has 3 heterocycles. The second-order valence-corrected chi connectivity index (χ2v) is 13.7. The molecule has 3 aromatic rings. The molecule has 13 nitrogen and oxygen atoms in total. The molecular weight excluding hydrogens is 623 g/mol. The van der Waals surface area contributed by atoms with Gasteiger partial charge >= 0.3 is 24.3 Å². The molecule has 48 heavy (non-hydrogen) atoms. The highest BCUT2D eigenvalue weighted by Crippen LogP contribution is 2.42. The summed E-state index contributed by atoms with van der Waals surface area (Å²) in [5.41, 5.74) is -0.621. The molecule has 3 amide bonds. The maximum Gasteiger partial charge on any atom is 0.415 e. The predicted octanol–water partition coefficient (Wildman–Crippen LogP) is 7.66. The van der Waals surface area contributed by atoms with Crippen LogP contribution in [-0.4, -0.2) is 64.7 Å². The third-order valence-electron chi connectivity index (χ3n) is 7.69. The Morgan fingerprint density at radius 3 is 2.42 bits per heavy atom. The van der Waals surface area contributed by atoms with E-state index in [0.29, 0.717) is 28.6 Å². The topological polar surface area (TPSA) is 146 Å². The van der Waals surface area contributed by atoms with Gasteiger partial charge in [-0.2, -0.15) is 0 Å². The molecule has 1 saturated carbocycles. The Hall–Kier alpha value is -5.19. The zero-order valence-corrected chi connectivity index (χ0v) is 28.1. The van der Waals surface area contributed by atoms with Gasteiger partial charge in [0.1, 0.15) is 29.3 Å². The van der Waals surface area contributed by atoms with E-state index < -0.39 is 41.4 Å². The van der Waals surface area contributed by atoms with E-state index >= 15 is 4.39 Å². The van der Waals surface area contributed by atoms with Crippen molar-refractivity contribution in [2.24, 2.45) is 0 Å². The van der Waals surface area contributed by atoms with Gasteiger partial charge in [0.05, 0.1) is 12.2 Å². The van der Waals surface area contributed by atoms with Crippen LogP contribution in [0.15, 0.2) is 24.5 Å². The van der Waals surface area contributed by atoms with Crippen molar-refractivity contribution < 1.29 is 37.7 Å². The summed E-state index contributed by atoms with van der Waals surface area (Å²) in [7, 11) is 0. The maximum absolute atomic E-state index is 16.6. The minimum Gasteiger partial charge on any atom is -0.474 e. The minimum atomic E-state index is -0.883. The summed E-state index contributed by atoms with van der Waals surface area (Å²) in [4.78, 5) is 52.7. The van der Waals surface area contributed by atoms with Crippen LogP contribution in [-0.2, 0) is 14.2 Å². The fourth-order valence-corrected chi connectivity index (χ4v) is 5.66. The molecule has 2 atom stereocenters. The summed E-state index contributed by atoms with van der Waals surface area (Å²) >= 11 is 0.